The molecule has 1 aromatic carbocycles. The van der Waals surface area contributed by atoms with E-state index in [0.717, 1.165) is 74.2 Å². The van der Waals surface area contributed by atoms with Crippen LogP contribution in [0.1, 0.15) is 64.0 Å². The highest BCUT2D eigenvalue weighted by Crippen LogP contribution is 2.30. The number of unbranched alkanes of at least 4 members (excludes halogenated alkanes) is 1. The number of ether oxygens (including phenoxy) is 2. The van der Waals surface area contributed by atoms with Gasteiger partial charge in [-0.05, 0) is 69.2 Å². The molecule has 1 saturated heterocycles. The van der Waals surface area contributed by atoms with Gasteiger partial charge in [-0.15, -0.1) is 5.10 Å². The van der Waals surface area contributed by atoms with Gasteiger partial charge in [0.15, 0.2) is 0 Å². The van der Waals surface area contributed by atoms with Crippen LogP contribution >= 0.6 is 0 Å². The number of rotatable bonds is 9. The Bertz CT molecular complexity index is 837. The van der Waals surface area contributed by atoms with Gasteiger partial charge in [0.05, 0.1) is 24.5 Å². The molecule has 1 saturated carbocycles. The van der Waals surface area contributed by atoms with E-state index >= 15 is 0 Å². The van der Waals surface area contributed by atoms with Gasteiger partial charge in [0.1, 0.15) is 5.75 Å². The summed E-state index contributed by atoms with van der Waals surface area (Å²) in [7, 11) is 0. The number of benzene rings is 1. The fourth-order valence-corrected chi connectivity index (χ4v) is 4.61. The number of piperidine rings is 1. The maximum atomic E-state index is 10.2. The third-order valence-corrected chi connectivity index (χ3v) is 6.65. The summed E-state index contributed by atoms with van der Waals surface area (Å²) in [5, 5.41) is 22.3. The Kier molecular flexibility index (Phi) is 8.35. The summed E-state index contributed by atoms with van der Waals surface area (Å²) in [5.74, 6) is 1.53. The van der Waals surface area contributed by atoms with Gasteiger partial charge in [-0.25, -0.2) is 0 Å². The molecule has 0 amide bonds. The second-order valence-electron chi connectivity index (χ2n) is 9.18. The lowest BCUT2D eigenvalue weighted by atomic mass is 9.97. The zero-order chi connectivity index (χ0) is 22.2. The highest BCUT2D eigenvalue weighted by atomic mass is 16.5. The van der Waals surface area contributed by atoms with Crippen LogP contribution in [0.15, 0.2) is 30.3 Å². The van der Waals surface area contributed by atoms with Gasteiger partial charge in [-0.1, -0.05) is 31.9 Å². The minimum atomic E-state index is -0.329. The maximum Gasteiger partial charge on any atom is 0.234 e. The van der Waals surface area contributed by atoms with Crippen molar-refractivity contribution in [2.45, 2.75) is 76.9 Å². The lowest BCUT2D eigenvalue weighted by molar-refractivity contribution is 0.0497. The molecule has 2 heterocycles. The second-order valence-corrected chi connectivity index (χ2v) is 9.18. The summed E-state index contributed by atoms with van der Waals surface area (Å²) < 4.78 is 12.2. The molecule has 32 heavy (non-hydrogen) atoms. The van der Waals surface area contributed by atoms with E-state index in [1.165, 1.54) is 19.3 Å². The second kappa shape index (κ2) is 11.6. The third kappa shape index (κ3) is 6.20. The molecule has 2 aliphatic rings. The molecule has 6 nitrogen and oxygen atoms in total. The minimum Gasteiger partial charge on any atom is -0.490 e. The summed E-state index contributed by atoms with van der Waals surface area (Å²) in [6.07, 6.45) is 10.0. The predicted molar refractivity (Wildman–Crippen MR) is 126 cm³/mol. The van der Waals surface area contributed by atoms with Crippen molar-refractivity contribution >= 4 is 0 Å². The molecule has 1 aliphatic heterocycles. The van der Waals surface area contributed by atoms with Crippen LogP contribution in [0.2, 0.25) is 0 Å². The number of nitrogens with zero attached hydrogens (tertiary/aromatic N) is 2. The molecule has 2 fully saturated rings. The summed E-state index contributed by atoms with van der Waals surface area (Å²) >= 11 is 0. The number of aromatic nitrogens is 2. The Morgan fingerprint density at radius 1 is 1.06 bits per heavy atom. The maximum absolute atomic E-state index is 10.2. The van der Waals surface area contributed by atoms with E-state index in [2.05, 4.69) is 46.7 Å². The number of aryl methyl sites for hydroxylation is 1. The van der Waals surface area contributed by atoms with Gasteiger partial charge >= 0.3 is 0 Å². The van der Waals surface area contributed by atoms with Crippen LogP contribution in [0, 0.1) is 5.92 Å². The predicted octanol–water partition coefficient (Wildman–Crippen LogP) is 4.55. The number of aliphatic hydroxyl groups is 1. The van der Waals surface area contributed by atoms with E-state index in [-0.39, 0.29) is 12.0 Å². The van der Waals surface area contributed by atoms with E-state index < -0.39 is 0 Å². The van der Waals surface area contributed by atoms with Crippen LogP contribution < -0.4 is 14.8 Å². The molecule has 0 radical (unpaired) electrons. The molecular weight excluding hydrogens is 402 g/mol. The Morgan fingerprint density at radius 2 is 1.88 bits per heavy atom. The molecule has 4 rings (SSSR count). The fourth-order valence-electron chi connectivity index (χ4n) is 4.61. The SMILES string of the molecule is CCCCc1nnc(OC[C@H]2CNCC[C@@H]2O)cc1-c1ccc(OC2CCCCC2)cc1. The molecule has 2 N–H and O–H groups in total. The van der Waals surface area contributed by atoms with E-state index in [9.17, 15) is 5.11 Å². The minimum absolute atomic E-state index is 0.0741. The number of nitrogens with one attached hydrogen (secondary N) is 1. The van der Waals surface area contributed by atoms with E-state index in [4.69, 9.17) is 9.47 Å². The van der Waals surface area contributed by atoms with Crippen molar-refractivity contribution in [1.82, 2.24) is 15.5 Å². The van der Waals surface area contributed by atoms with Gasteiger partial charge in [-0.2, -0.15) is 5.10 Å². The first-order valence-electron chi connectivity index (χ1n) is 12.4. The van der Waals surface area contributed by atoms with Gasteiger partial charge in [0.25, 0.3) is 0 Å². The first-order chi connectivity index (χ1) is 15.7. The van der Waals surface area contributed by atoms with Crippen LogP contribution in [-0.4, -0.2) is 47.2 Å². The fraction of sp³-hybridized carbons (Fsp3) is 0.615. The van der Waals surface area contributed by atoms with Crippen molar-refractivity contribution in [1.29, 1.82) is 0 Å². The molecule has 174 valence electrons. The summed E-state index contributed by atoms with van der Waals surface area (Å²) in [4.78, 5) is 0. The van der Waals surface area contributed by atoms with Gasteiger partial charge in [-0.3, -0.25) is 0 Å². The van der Waals surface area contributed by atoms with Gasteiger partial charge < -0.3 is 19.9 Å². The lowest BCUT2D eigenvalue weighted by Gasteiger charge is -2.28. The monoisotopic (exact) mass is 439 g/mol. The third-order valence-electron chi connectivity index (χ3n) is 6.65. The molecular formula is C26H37N3O3. The first-order valence-corrected chi connectivity index (χ1v) is 12.4. The molecule has 0 bridgehead atoms. The number of hydrogen-bond donors (Lipinski definition) is 2. The van der Waals surface area contributed by atoms with Crippen LogP contribution in [0.25, 0.3) is 11.1 Å². The topological polar surface area (TPSA) is 76.5 Å². The van der Waals surface area contributed by atoms with E-state index in [1.807, 2.05) is 6.07 Å². The van der Waals surface area contributed by atoms with Gasteiger partial charge in [0, 0.05) is 24.1 Å². The number of hydrogen-bond acceptors (Lipinski definition) is 6. The highest BCUT2D eigenvalue weighted by Gasteiger charge is 2.24. The van der Waals surface area contributed by atoms with Crippen LogP contribution in [-0.2, 0) is 6.42 Å². The summed E-state index contributed by atoms with van der Waals surface area (Å²) in [6.45, 7) is 4.24. The first kappa shape index (κ1) is 23.0. The normalized spacial score (nSPS) is 21.9. The molecule has 6 heteroatoms. The largest absolute Gasteiger partial charge is 0.490 e. The van der Waals surface area contributed by atoms with Gasteiger partial charge in [0.2, 0.25) is 5.88 Å². The summed E-state index contributed by atoms with van der Waals surface area (Å²) in [5.41, 5.74) is 3.17. The Balaban J connectivity index is 1.47. The molecule has 2 atom stereocenters. The Labute approximate surface area is 191 Å². The number of aliphatic hydroxyl groups excluding tert-OH is 1. The molecule has 0 spiro atoms. The molecule has 2 aromatic rings. The zero-order valence-electron chi connectivity index (χ0n) is 19.3. The van der Waals surface area contributed by atoms with Crippen LogP contribution in [0.4, 0.5) is 0 Å². The molecule has 1 aliphatic carbocycles. The van der Waals surface area contributed by atoms with Crippen molar-refractivity contribution < 1.29 is 14.6 Å². The van der Waals surface area contributed by atoms with Crippen LogP contribution in [0.3, 0.4) is 0 Å². The average Bonchev–Trinajstić information content (AvgIpc) is 2.84. The molecule has 0 unspecified atom stereocenters. The zero-order valence-corrected chi connectivity index (χ0v) is 19.3. The smallest absolute Gasteiger partial charge is 0.234 e. The lowest BCUT2D eigenvalue weighted by Crippen LogP contribution is -2.42. The van der Waals surface area contributed by atoms with Crippen molar-refractivity contribution in [3.05, 3.63) is 36.0 Å². The molecule has 1 aromatic heterocycles. The summed E-state index contributed by atoms with van der Waals surface area (Å²) in [6, 6.07) is 10.4. The standard InChI is InChI=1S/C26H37N3O3/c1-2-3-9-24-23(16-26(29-28-24)31-18-20-17-27-15-14-25(20)30)19-10-12-22(13-11-19)32-21-7-5-4-6-8-21/h10-13,16,20-21,25,27,30H,2-9,14-15,17-18H2,1H3/t20-,25+/m1/s1. The quantitative estimate of drug-likeness (QED) is 0.597. The van der Waals surface area contributed by atoms with Crippen molar-refractivity contribution in [2.75, 3.05) is 19.7 Å². The van der Waals surface area contributed by atoms with E-state index in [0.29, 0.717) is 18.6 Å². The Hall–Kier alpha value is -2.18. The van der Waals surface area contributed by atoms with Crippen LogP contribution in [0.5, 0.6) is 11.6 Å². The highest BCUT2D eigenvalue weighted by molar-refractivity contribution is 5.67. The van der Waals surface area contributed by atoms with Crippen molar-refractivity contribution in [2.24, 2.45) is 5.92 Å². The van der Waals surface area contributed by atoms with E-state index in [1.54, 1.807) is 0 Å². The van der Waals surface area contributed by atoms with Crippen molar-refractivity contribution in [3.8, 4) is 22.8 Å². The van der Waals surface area contributed by atoms with Crippen molar-refractivity contribution in [3.63, 3.8) is 0 Å². The Morgan fingerprint density at radius 3 is 2.62 bits per heavy atom. The average molecular weight is 440 g/mol.